The highest BCUT2D eigenvalue weighted by molar-refractivity contribution is 5.71. The van der Waals surface area contributed by atoms with Crippen molar-refractivity contribution in [2.24, 2.45) is 5.92 Å². The summed E-state index contributed by atoms with van der Waals surface area (Å²) in [6.07, 6.45) is 0.452. The van der Waals surface area contributed by atoms with Crippen molar-refractivity contribution in [1.29, 1.82) is 0 Å². The van der Waals surface area contributed by atoms with Crippen molar-refractivity contribution in [3.05, 3.63) is 71.6 Å². The third kappa shape index (κ3) is 6.94. The highest BCUT2D eigenvalue weighted by atomic mass is 16.6. The van der Waals surface area contributed by atoms with Gasteiger partial charge < -0.3 is 23.5 Å². The van der Waals surface area contributed by atoms with E-state index < -0.39 is 5.60 Å². The van der Waals surface area contributed by atoms with Crippen molar-refractivity contribution in [1.82, 2.24) is 9.88 Å². The summed E-state index contributed by atoms with van der Waals surface area (Å²) in [4.78, 5) is 31.2. The average Bonchev–Trinajstić information content (AvgIpc) is 3.47. The summed E-state index contributed by atoms with van der Waals surface area (Å²) in [6.45, 7) is 8.75. The first kappa shape index (κ1) is 27.2. The molecule has 2 heterocycles. The smallest absolute Gasteiger partial charge is 0.410 e. The molecule has 38 heavy (non-hydrogen) atoms. The van der Waals surface area contributed by atoms with Gasteiger partial charge in [-0.25, -0.2) is 9.78 Å². The Bertz CT molecular complexity index is 1250. The van der Waals surface area contributed by atoms with E-state index >= 15 is 0 Å². The van der Waals surface area contributed by atoms with Crippen molar-refractivity contribution in [2.75, 3.05) is 26.8 Å². The molecule has 0 N–H and O–H groups in total. The second-order valence-corrected chi connectivity index (χ2v) is 10.6. The number of rotatable bonds is 8. The molecule has 4 rings (SSSR count). The lowest BCUT2D eigenvalue weighted by atomic mass is 9.87. The molecule has 0 radical (unpaired) electrons. The number of aryl methyl sites for hydroxylation is 1. The molecule has 0 unspecified atom stereocenters. The number of carbonyl (C=O) groups excluding carboxylic acids is 2. The van der Waals surface area contributed by atoms with Crippen molar-refractivity contribution in [3.8, 4) is 17.2 Å². The fourth-order valence-electron chi connectivity index (χ4n) is 4.69. The molecule has 1 saturated heterocycles. The summed E-state index contributed by atoms with van der Waals surface area (Å²) in [5, 5.41) is 0. The third-order valence-corrected chi connectivity index (χ3v) is 6.56. The number of ether oxygens (including phenoxy) is 3. The van der Waals surface area contributed by atoms with Gasteiger partial charge in [0.25, 0.3) is 0 Å². The Kier molecular flexibility index (Phi) is 8.39. The molecule has 1 aliphatic heterocycles. The van der Waals surface area contributed by atoms with Crippen LogP contribution in [0.25, 0.3) is 11.5 Å². The molecule has 202 valence electrons. The molecule has 0 aliphatic carbocycles. The highest BCUT2D eigenvalue weighted by Crippen LogP contribution is 2.37. The van der Waals surface area contributed by atoms with Crippen LogP contribution < -0.4 is 4.74 Å². The van der Waals surface area contributed by atoms with Crippen LogP contribution in [0.2, 0.25) is 0 Å². The Labute approximate surface area is 223 Å². The fraction of sp³-hybridized carbons (Fsp3) is 0.433. The molecule has 0 bridgehead atoms. The van der Waals surface area contributed by atoms with Gasteiger partial charge >= 0.3 is 12.1 Å². The van der Waals surface area contributed by atoms with E-state index in [1.54, 1.807) is 4.90 Å². The molecule has 8 nitrogen and oxygen atoms in total. The van der Waals surface area contributed by atoms with Crippen LogP contribution in [0.3, 0.4) is 0 Å². The number of esters is 1. The Morgan fingerprint density at radius 3 is 2.55 bits per heavy atom. The standard InChI is InChI=1S/C30H36N2O6/c1-20-26(31-28(37-20)21-10-7-6-8-11-21)14-15-36-24-13-9-12-22(16-24)25-19-32(29(34)38-30(2,3)4)18-23(25)17-27(33)35-5/h6-13,16,23,25H,14-15,17-19H2,1-5H3/t23-,25-/m1/s1. The number of benzene rings is 2. The van der Waals surface area contributed by atoms with Gasteiger partial charge in [-0.1, -0.05) is 30.3 Å². The molecule has 1 aromatic heterocycles. The van der Waals surface area contributed by atoms with Gasteiger partial charge in [-0.2, -0.15) is 0 Å². The van der Waals surface area contributed by atoms with Gasteiger partial charge in [0, 0.05) is 31.0 Å². The maximum Gasteiger partial charge on any atom is 0.410 e. The van der Waals surface area contributed by atoms with Crippen LogP contribution in [0.5, 0.6) is 5.75 Å². The van der Waals surface area contributed by atoms with Gasteiger partial charge in [0.15, 0.2) is 0 Å². The Morgan fingerprint density at radius 1 is 1.08 bits per heavy atom. The van der Waals surface area contributed by atoms with Gasteiger partial charge in [-0.05, 0) is 63.4 Å². The van der Waals surface area contributed by atoms with E-state index in [0.717, 1.165) is 28.3 Å². The molecule has 0 spiro atoms. The van der Waals surface area contributed by atoms with Crippen LogP contribution in [0.4, 0.5) is 4.79 Å². The fourth-order valence-corrected chi connectivity index (χ4v) is 4.69. The predicted molar refractivity (Wildman–Crippen MR) is 143 cm³/mol. The predicted octanol–water partition coefficient (Wildman–Crippen LogP) is 5.79. The largest absolute Gasteiger partial charge is 0.493 e. The SMILES string of the molecule is COC(=O)C[C@@H]1CN(C(=O)OC(C)(C)C)C[C@@H]1c1cccc(OCCc2nc(-c3ccccc3)oc2C)c1. The molecule has 8 heteroatoms. The van der Waals surface area contributed by atoms with Crippen LogP contribution in [0.1, 0.15) is 50.1 Å². The number of nitrogens with zero attached hydrogens (tertiary/aromatic N) is 2. The van der Waals surface area contributed by atoms with Crippen LogP contribution in [-0.4, -0.2) is 54.4 Å². The van der Waals surface area contributed by atoms with E-state index in [-0.39, 0.29) is 30.3 Å². The number of methoxy groups -OCH3 is 1. The minimum absolute atomic E-state index is 0.0450. The van der Waals surface area contributed by atoms with Gasteiger partial charge in [-0.15, -0.1) is 0 Å². The van der Waals surface area contributed by atoms with Crippen LogP contribution in [-0.2, 0) is 20.7 Å². The van der Waals surface area contributed by atoms with Crippen molar-refractivity contribution < 1.29 is 28.2 Å². The van der Waals surface area contributed by atoms with Gasteiger partial charge in [-0.3, -0.25) is 4.79 Å². The Morgan fingerprint density at radius 2 is 1.84 bits per heavy atom. The number of hydrogen-bond acceptors (Lipinski definition) is 7. The average molecular weight is 521 g/mol. The van der Waals surface area contributed by atoms with Crippen LogP contribution in [0, 0.1) is 12.8 Å². The summed E-state index contributed by atoms with van der Waals surface area (Å²) < 4.78 is 22.4. The highest BCUT2D eigenvalue weighted by Gasteiger charge is 2.39. The first-order chi connectivity index (χ1) is 18.1. The van der Waals surface area contributed by atoms with E-state index in [2.05, 4.69) is 4.98 Å². The van der Waals surface area contributed by atoms with Crippen molar-refractivity contribution in [3.63, 3.8) is 0 Å². The molecular weight excluding hydrogens is 484 g/mol. The molecular formula is C30H36N2O6. The van der Waals surface area contributed by atoms with Gasteiger partial charge in [0.05, 0.1) is 25.8 Å². The molecule has 1 fully saturated rings. The zero-order chi connectivity index (χ0) is 27.3. The van der Waals surface area contributed by atoms with Gasteiger partial charge in [0.2, 0.25) is 5.89 Å². The Hall–Kier alpha value is -3.81. The second kappa shape index (κ2) is 11.7. The van der Waals surface area contributed by atoms with E-state index in [1.807, 2.05) is 82.3 Å². The maximum atomic E-state index is 12.8. The lowest BCUT2D eigenvalue weighted by Crippen LogP contribution is -2.35. The number of aromatic nitrogens is 1. The van der Waals surface area contributed by atoms with E-state index in [4.69, 9.17) is 18.6 Å². The number of amides is 1. The van der Waals surface area contributed by atoms with E-state index in [1.165, 1.54) is 7.11 Å². The number of oxazole rings is 1. The molecule has 1 amide bonds. The first-order valence-electron chi connectivity index (χ1n) is 12.9. The lowest BCUT2D eigenvalue weighted by Gasteiger charge is -2.24. The van der Waals surface area contributed by atoms with Crippen molar-refractivity contribution in [2.45, 2.75) is 52.1 Å². The maximum absolute atomic E-state index is 12.8. The molecule has 3 aromatic rings. The minimum atomic E-state index is -0.592. The van der Waals surface area contributed by atoms with E-state index in [0.29, 0.717) is 32.0 Å². The van der Waals surface area contributed by atoms with Crippen LogP contribution in [0.15, 0.2) is 59.0 Å². The quantitative estimate of drug-likeness (QED) is 0.348. The lowest BCUT2D eigenvalue weighted by molar-refractivity contribution is -0.141. The Balaban J connectivity index is 1.42. The van der Waals surface area contributed by atoms with E-state index in [9.17, 15) is 9.59 Å². The topological polar surface area (TPSA) is 91.1 Å². The summed E-state index contributed by atoms with van der Waals surface area (Å²) in [5.74, 6) is 1.68. The third-order valence-electron chi connectivity index (χ3n) is 6.56. The minimum Gasteiger partial charge on any atom is -0.493 e. The van der Waals surface area contributed by atoms with Crippen molar-refractivity contribution >= 4 is 12.1 Å². The summed E-state index contributed by atoms with van der Waals surface area (Å²) in [7, 11) is 1.38. The monoisotopic (exact) mass is 520 g/mol. The molecule has 0 saturated carbocycles. The zero-order valence-electron chi connectivity index (χ0n) is 22.7. The second-order valence-electron chi connectivity index (χ2n) is 10.6. The summed E-state index contributed by atoms with van der Waals surface area (Å²) in [5.41, 5.74) is 2.22. The summed E-state index contributed by atoms with van der Waals surface area (Å²) in [6, 6.07) is 17.6. The van der Waals surface area contributed by atoms with Crippen LogP contribution >= 0.6 is 0 Å². The molecule has 2 atom stereocenters. The number of likely N-dealkylation sites (tertiary alicyclic amines) is 1. The number of carbonyl (C=O) groups is 2. The normalized spacial score (nSPS) is 17.3. The zero-order valence-corrected chi connectivity index (χ0v) is 22.7. The molecule has 1 aliphatic rings. The molecule has 2 aromatic carbocycles. The summed E-state index contributed by atoms with van der Waals surface area (Å²) >= 11 is 0. The number of hydrogen-bond donors (Lipinski definition) is 0. The van der Waals surface area contributed by atoms with Gasteiger partial charge in [0.1, 0.15) is 17.1 Å². The first-order valence-corrected chi connectivity index (χ1v) is 12.9.